The van der Waals surface area contributed by atoms with Crippen LogP contribution in [0.3, 0.4) is 0 Å². The van der Waals surface area contributed by atoms with Crippen molar-refractivity contribution in [1.82, 2.24) is 0 Å². The summed E-state index contributed by atoms with van der Waals surface area (Å²) >= 11 is 1.33. The number of benzene rings is 1. The van der Waals surface area contributed by atoms with Crippen molar-refractivity contribution in [2.75, 3.05) is 12.8 Å². The third-order valence-electron chi connectivity index (χ3n) is 2.75. The van der Waals surface area contributed by atoms with Crippen LogP contribution in [0.15, 0.2) is 29.6 Å². The van der Waals surface area contributed by atoms with Crippen LogP contribution in [0.25, 0.3) is 11.1 Å². The SMILES string of the molecule is COc1cccc(-c2csc(N)c2C(=O)OC(C)C)c1. The zero-order valence-electron chi connectivity index (χ0n) is 11.7. The van der Waals surface area contributed by atoms with Crippen molar-refractivity contribution >= 4 is 22.3 Å². The van der Waals surface area contributed by atoms with Gasteiger partial charge in [0.05, 0.1) is 13.2 Å². The second kappa shape index (κ2) is 5.96. The Labute approximate surface area is 122 Å². The molecule has 2 N–H and O–H groups in total. The van der Waals surface area contributed by atoms with Gasteiger partial charge in [0.2, 0.25) is 0 Å². The smallest absolute Gasteiger partial charge is 0.342 e. The van der Waals surface area contributed by atoms with E-state index in [4.69, 9.17) is 15.2 Å². The van der Waals surface area contributed by atoms with Crippen LogP contribution in [-0.2, 0) is 4.74 Å². The lowest BCUT2D eigenvalue weighted by Gasteiger charge is -2.10. The molecule has 0 aliphatic rings. The minimum absolute atomic E-state index is 0.181. The maximum absolute atomic E-state index is 12.2. The van der Waals surface area contributed by atoms with Crippen molar-refractivity contribution in [3.05, 3.63) is 35.2 Å². The minimum atomic E-state index is -0.392. The minimum Gasteiger partial charge on any atom is -0.497 e. The lowest BCUT2D eigenvalue weighted by atomic mass is 10.0. The van der Waals surface area contributed by atoms with Crippen LogP contribution in [-0.4, -0.2) is 19.2 Å². The van der Waals surface area contributed by atoms with Crippen LogP contribution >= 0.6 is 11.3 Å². The zero-order valence-corrected chi connectivity index (χ0v) is 12.5. The Bertz CT molecular complexity index is 619. The molecule has 5 heteroatoms. The standard InChI is InChI=1S/C15H17NO3S/c1-9(2)19-15(17)13-12(8-20-14(13)16)10-5-4-6-11(7-10)18-3/h4-9H,16H2,1-3H3. The second-order valence-corrected chi connectivity index (χ2v) is 5.49. The zero-order chi connectivity index (χ0) is 14.7. The van der Waals surface area contributed by atoms with E-state index in [9.17, 15) is 4.79 Å². The third kappa shape index (κ3) is 2.93. The second-order valence-electron chi connectivity index (χ2n) is 4.57. The maximum atomic E-state index is 12.2. The van der Waals surface area contributed by atoms with E-state index in [0.29, 0.717) is 10.6 Å². The van der Waals surface area contributed by atoms with Gasteiger partial charge in [-0.25, -0.2) is 4.79 Å². The number of hydrogen-bond donors (Lipinski definition) is 1. The number of thiophene rings is 1. The Balaban J connectivity index is 2.44. The predicted molar refractivity (Wildman–Crippen MR) is 81.3 cm³/mol. The van der Waals surface area contributed by atoms with Gasteiger partial charge in [0, 0.05) is 10.9 Å². The Hall–Kier alpha value is -2.01. The summed E-state index contributed by atoms with van der Waals surface area (Å²) in [4.78, 5) is 12.2. The van der Waals surface area contributed by atoms with Crippen LogP contribution in [0, 0.1) is 0 Å². The summed E-state index contributed by atoms with van der Waals surface area (Å²) in [5.74, 6) is 0.340. The molecule has 106 valence electrons. The van der Waals surface area contributed by atoms with E-state index >= 15 is 0 Å². The molecule has 2 rings (SSSR count). The summed E-state index contributed by atoms with van der Waals surface area (Å²) < 4.78 is 10.5. The van der Waals surface area contributed by atoms with Crippen molar-refractivity contribution < 1.29 is 14.3 Å². The molecule has 0 fully saturated rings. The average molecular weight is 291 g/mol. The van der Waals surface area contributed by atoms with Crippen molar-refractivity contribution in [3.63, 3.8) is 0 Å². The van der Waals surface area contributed by atoms with Crippen molar-refractivity contribution in [1.29, 1.82) is 0 Å². The molecule has 0 spiro atoms. The molecular formula is C15H17NO3S. The molecule has 2 aromatic rings. The fraction of sp³-hybridized carbons (Fsp3) is 0.267. The number of carbonyl (C=O) groups is 1. The van der Waals surface area contributed by atoms with Crippen molar-refractivity contribution in [3.8, 4) is 16.9 Å². The molecule has 0 unspecified atom stereocenters. The molecule has 1 aromatic heterocycles. The molecule has 0 saturated heterocycles. The molecule has 0 atom stereocenters. The van der Waals surface area contributed by atoms with Gasteiger partial charge in [-0.05, 0) is 31.5 Å². The van der Waals surface area contributed by atoms with E-state index in [0.717, 1.165) is 16.9 Å². The average Bonchev–Trinajstić information content (AvgIpc) is 2.80. The van der Waals surface area contributed by atoms with Crippen LogP contribution in [0.4, 0.5) is 5.00 Å². The van der Waals surface area contributed by atoms with E-state index in [2.05, 4.69) is 0 Å². The van der Waals surface area contributed by atoms with Gasteiger partial charge in [-0.2, -0.15) is 0 Å². The number of hydrogen-bond acceptors (Lipinski definition) is 5. The molecule has 0 saturated carbocycles. The first-order valence-corrected chi connectivity index (χ1v) is 7.13. The number of methoxy groups -OCH3 is 1. The van der Waals surface area contributed by atoms with Crippen molar-refractivity contribution in [2.24, 2.45) is 0 Å². The van der Waals surface area contributed by atoms with E-state index in [1.807, 2.05) is 43.5 Å². The van der Waals surface area contributed by atoms with Crippen LogP contribution in [0.2, 0.25) is 0 Å². The Morgan fingerprint density at radius 2 is 2.10 bits per heavy atom. The number of nitrogen functional groups attached to an aromatic ring is 1. The van der Waals surface area contributed by atoms with Gasteiger partial charge in [0.25, 0.3) is 0 Å². The number of ether oxygens (including phenoxy) is 2. The molecule has 4 nitrogen and oxygen atoms in total. The predicted octanol–water partition coefficient (Wildman–Crippen LogP) is 3.57. The number of carbonyl (C=O) groups excluding carboxylic acids is 1. The lowest BCUT2D eigenvalue weighted by molar-refractivity contribution is 0.0380. The van der Waals surface area contributed by atoms with Crippen LogP contribution in [0.5, 0.6) is 5.75 Å². The molecule has 0 aliphatic carbocycles. The summed E-state index contributed by atoms with van der Waals surface area (Å²) in [5.41, 5.74) is 8.00. The molecule has 1 aromatic carbocycles. The number of nitrogens with two attached hydrogens (primary N) is 1. The highest BCUT2D eigenvalue weighted by atomic mass is 32.1. The van der Waals surface area contributed by atoms with Crippen molar-refractivity contribution in [2.45, 2.75) is 20.0 Å². The lowest BCUT2D eigenvalue weighted by Crippen LogP contribution is -2.13. The largest absolute Gasteiger partial charge is 0.497 e. The van der Waals surface area contributed by atoms with E-state index in [-0.39, 0.29) is 6.10 Å². The van der Waals surface area contributed by atoms with E-state index in [1.54, 1.807) is 7.11 Å². The topological polar surface area (TPSA) is 61.5 Å². The van der Waals surface area contributed by atoms with Crippen LogP contribution < -0.4 is 10.5 Å². The van der Waals surface area contributed by atoms with Gasteiger partial charge in [0.1, 0.15) is 16.3 Å². The maximum Gasteiger partial charge on any atom is 0.342 e. The first kappa shape index (κ1) is 14.4. The molecule has 0 bridgehead atoms. The molecule has 0 radical (unpaired) electrons. The van der Waals surface area contributed by atoms with Crippen LogP contribution in [0.1, 0.15) is 24.2 Å². The molecule has 20 heavy (non-hydrogen) atoms. The van der Waals surface area contributed by atoms with Gasteiger partial charge in [0.15, 0.2) is 0 Å². The highest BCUT2D eigenvalue weighted by Crippen LogP contribution is 2.35. The normalized spacial score (nSPS) is 10.6. The quantitative estimate of drug-likeness (QED) is 0.875. The Kier molecular flexibility index (Phi) is 4.29. The fourth-order valence-corrected chi connectivity index (χ4v) is 2.67. The summed E-state index contributed by atoms with van der Waals surface area (Å²) in [7, 11) is 1.61. The number of rotatable bonds is 4. The number of anilines is 1. The highest BCUT2D eigenvalue weighted by molar-refractivity contribution is 7.14. The van der Waals surface area contributed by atoms with E-state index < -0.39 is 5.97 Å². The fourth-order valence-electron chi connectivity index (χ4n) is 1.86. The number of esters is 1. The summed E-state index contributed by atoms with van der Waals surface area (Å²) in [5, 5.41) is 2.33. The third-order valence-corrected chi connectivity index (χ3v) is 3.56. The molecule has 0 aliphatic heterocycles. The summed E-state index contributed by atoms with van der Waals surface area (Å²) in [6, 6.07) is 7.51. The highest BCUT2D eigenvalue weighted by Gasteiger charge is 2.21. The van der Waals surface area contributed by atoms with Gasteiger partial charge in [-0.15, -0.1) is 11.3 Å². The molecule has 0 amide bonds. The van der Waals surface area contributed by atoms with Gasteiger partial charge < -0.3 is 15.2 Å². The van der Waals surface area contributed by atoms with Gasteiger partial charge >= 0.3 is 5.97 Å². The molecule has 1 heterocycles. The van der Waals surface area contributed by atoms with E-state index in [1.165, 1.54) is 11.3 Å². The Morgan fingerprint density at radius 1 is 1.35 bits per heavy atom. The summed E-state index contributed by atoms with van der Waals surface area (Å²) in [6.07, 6.45) is -0.181. The first-order valence-electron chi connectivity index (χ1n) is 6.25. The first-order chi connectivity index (χ1) is 9.52. The summed E-state index contributed by atoms with van der Waals surface area (Å²) in [6.45, 7) is 3.62. The Morgan fingerprint density at radius 3 is 2.75 bits per heavy atom. The monoisotopic (exact) mass is 291 g/mol. The molecular weight excluding hydrogens is 274 g/mol. The van der Waals surface area contributed by atoms with Gasteiger partial charge in [-0.1, -0.05) is 12.1 Å². The van der Waals surface area contributed by atoms with Gasteiger partial charge in [-0.3, -0.25) is 0 Å².